The summed E-state index contributed by atoms with van der Waals surface area (Å²) in [5, 5.41) is 12.1. The summed E-state index contributed by atoms with van der Waals surface area (Å²) in [6.45, 7) is 7.35. The molecule has 0 aromatic carbocycles. The molecule has 0 radical (unpaired) electrons. The van der Waals surface area contributed by atoms with Gasteiger partial charge in [-0.15, -0.1) is 0 Å². The molecule has 1 saturated carbocycles. The van der Waals surface area contributed by atoms with Crippen molar-refractivity contribution in [3.05, 3.63) is 0 Å². The lowest BCUT2D eigenvalue weighted by Crippen LogP contribution is -2.54. The predicted molar refractivity (Wildman–Crippen MR) is 81.0 cm³/mol. The van der Waals surface area contributed by atoms with Crippen molar-refractivity contribution in [3.63, 3.8) is 0 Å². The molecule has 0 spiro atoms. The largest absolute Gasteiger partial charge is 0.481 e. The van der Waals surface area contributed by atoms with Crippen molar-refractivity contribution < 1.29 is 14.7 Å². The Morgan fingerprint density at radius 1 is 1.10 bits per heavy atom. The number of nitrogens with one attached hydrogen (secondary N) is 1. The standard InChI is InChI=1S/C16H28N2O3/c1-10-8-11(2)12(3)18(9-10)16(21)17-14-6-4-13(5-7-14)15(19)20/h10-14H,4-9H2,1-3H3,(H,17,21)(H,19,20). The predicted octanol–water partition coefficient (Wildman–Crippen LogP) is 2.71. The summed E-state index contributed by atoms with van der Waals surface area (Å²) < 4.78 is 0. The van der Waals surface area contributed by atoms with Crippen molar-refractivity contribution in [2.75, 3.05) is 6.54 Å². The molecule has 3 unspecified atom stereocenters. The molecule has 1 aliphatic carbocycles. The Morgan fingerprint density at radius 3 is 2.29 bits per heavy atom. The van der Waals surface area contributed by atoms with Gasteiger partial charge in [0, 0.05) is 18.6 Å². The number of carboxylic acid groups (broad SMARTS) is 1. The first-order valence-electron chi connectivity index (χ1n) is 8.18. The molecule has 1 aliphatic heterocycles. The number of carbonyl (C=O) groups excluding carboxylic acids is 1. The molecule has 21 heavy (non-hydrogen) atoms. The minimum atomic E-state index is -0.702. The topological polar surface area (TPSA) is 69.6 Å². The van der Waals surface area contributed by atoms with Crippen LogP contribution in [-0.4, -0.2) is 40.6 Å². The molecule has 2 amide bonds. The summed E-state index contributed by atoms with van der Waals surface area (Å²) >= 11 is 0. The van der Waals surface area contributed by atoms with Crippen molar-refractivity contribution in [3.8, 4) is 0 Å². The van der Waals surface area contributed by atoms with Gasteiger partial charge in [-0.1, -0.05) is 13.8 Å². The van der Waals surface area contributed by atoms with Gasteiger partial charge in [0.25, 0.3) is 0 Å². The molecule has 0 bridgehead atoms. The van der Waals surface area contributed by atoms with E-state index in [0.29, 0.717) is 24.7 Å². The SMILES string of the molecule is CC1CC(C)C(C)N(C(=O)NC2CCC(C(=O)O)CC2)C1. The fourth-order valence-electron chi connectivity index (χ4n) is 3.73. The molecule has 2 N–H and O–H groups in total. The van der Waals surface area contributed by atoms with Crippen molar-refractivity contribution in [1.82, 2.24) is 10.2 Å². The molecule has 2 aliphatic rings. The second kappa shape index (κ2) is 6.67. The van der Waals surface area contributed by atoms with Crippen molar-refractivity contribution in [1.29, 1.82) is 0 Å². The lowest BCUT2D eigenvalue weighted by Gasteiger charge is -2.42. The van der Waals surface area contributed by atoms with E-state index in [1.807, 2.05) is 4.90 Å². The first-order valence-corrected chi connectivity index (χ1v) is 8.18. The van der Waals surface area contributed by atoms with Gasteiger partial charge in [-0.25, -0.2) is 4.79 Å². The second-order valence-electron chi connectivity index (χ2n) is 7.05. The van der Waals surface area contributed by atoms with Crippen molar-refractivity contribution in [2.24, 2.45) is 17.8 Å². The van der Waals surface area contributed by atoms with E-state index in [1.165, 1.54) is 6.42 Å². The Hall–Kier alpha value is -1.26. The Balaban J connectivity index is 1.85. The van der Waals surface area contributed by atoms with Gasteiger partial charge in [0.05, 0.1) is 5.92 Å². The van der Waals surface area contributed by atoms with Crippen LogP contribution in [0.25, 0.3) is 0 Å². The minimum Gasteiger partial charge on any atom is -0.481 e. The normalized spacial score (nSPS) is 37.1. The third kappa shape index (κ3) is 3.89. The number of hydrogen-bond acceptors (Lipinski definition) is 2. The van der Waals surface area contributed by atoms with Crippen molar-refractivity contribution >= 4 is 12.0 Å². The number of likely N-dealkylation sites (tertiary alicyclic amines) is 1. The summed E-state index contributed by atoms with van der Waals surface area (Å²) in [4.78, 5) is 25.4. The van der Waals surface area contributed by atoms with E-state index in [2.05, 4.69) is 26.1 Å². The molecular formula is C16H28N2O3. The average Bonchev–Trinajstić information content (AvgIpc) is 2.43. The van der Waals surface area contributed by atoms with Crippen LogP contribution in [-0.2, 0) is 4.79 Å². The molecule has 2 fully saturated rings. The van der Waals surface area contributed by atoms with Crippen LogP contribution in [0.1, 0.15) is 52.9 Å². The van der Waals surface area contributed by atoms with Gasteiger partial charge in [0.2, 0.25) is 0 Å². The summed E-state index contributed by atoms with van der Waals surface area (Å²) in [6.07, 6.45) is 4.06. The third-order valence-corrected chi connectivity index (χ3v) is 5.26. The number of urea groups is 1. The fourth-order valence-corrected chi connectivity index (χ4v) is 3.73. The van der Waals surface area contributed by atoms with E-state index in [0.717, 1.165) is 19.4 Å². The van der Waals surface area contributed by atoms with Gasteiger partial charge < -0.3 is 15.3 Å². The van der Waals surface area contributed by atoms with E-state index in [1.54, 1.807) is 0 Å². The number of carbonyl (C=O) groups is 2. The fraction of sp³-hybridized carbons (Fsp3) is 0.875. The van der Waals surface area contributed by atoms with Crippen LogP contribution in [0.2, 0.25) is 0 Å². The van der Waals surface area contributed by atoms with Crippen LogP contribution in [0.15, 0.2) is 0 Å². The Labute approximate surface area is 127 Å². The molecular weight excluding hydrogens is 268 g/mol. The zero-order valence-electron chi connectivity index (χ0n) is 13.3. The highest BCUT2D eigenvalue weighted by atomic mass is 16.4. The lowest BCUT2D eigenvalue weighted by molar-refractivity contribution is -0.142. The van der Waals surface area contributed by atoms with Gasteiger partial charge in [-0.3, -0.25) is 4.79 Å². The minimum absolute atomic E-state index is 0.0275. The molecule has 5 nitrogen and oxygen atoms in total. The maximum absolute atomic E-state index is 12.5. The smallest absolute Gasteiger partial charge is 0.317 e. The highest BCUT2D eigenvalue weighted by Crippen LogP contribution is 2.28. The van der Waals surface area contributed by atoms with Gasteiger partial charge in [-0.05, 0) is 50.9 Å². The number of piperidine rings is 1. The van der Waals surface area contributed by atoms with Gasteiger partial charge in [-0.2, -0.15) is 0 Å². The van der Waals surface area contributed by atoms with Gasteiger partial charge in [0.15, 0.2) is 0 Å². The highest BCUT2D eigenvalue weighted by Gasteiger charge is 2.33. The van der Waals surface area contributed by atoms with Crippen molar-refractivity contribution in [2.45, 2.75) is 65.0 Å². The molecule has 3 atom stereocenters. The maximum Gasteiger partial charge on any atom is 0.317 e. The number of amides is 2. The van der Waals surface area contributed by atoms with Crippen LogP contribution in [0.4, 0.5) is 4.79 Å². The van der Waals surface area contributed by atoms with E-state index in [-0.39, 0.29) is 24.0 Å². The average molecular weight is 296 g/mol. The number of carboxylic acids is 1. The summed E-state index contributed by atoms with van der Waals surface area (Å²) in [5.41, 5.74) is 0. The maximum atomic E-state index is 12.5. The molecule has 5 heteroatoms. The lowest BCUT2D eigenvalue weighted by atomic mass is 9.85. The molecule has 0 aromatic rings. The van der Waals surface area contributed by atoms with Crippen LogP contribution in [0.5, 0.6) is 0 Å². The first kappa shape index (κ1) is 16.1. The monoisotopic (exact) mass is 296 g/mol. The quantitative estimate of drug-likeness (QED) is 0.823. The molecule has 120 valence electrons. The Kier molecular flexibility index (Phi) is 5.12. The third-order valence-electron chi connectivity index (χ3n) is 5.26. The van der Waals surface area contributed by atoms with Crippen LogP contribution < -0.4 is 5.32 Å². The number of nitrogens with zero attached hydrogens (tertiary/aromatic N) is 1. The van der Waals surface area contributed by atoms with E-state index in [9.17, 15) is 9.59 Å². The summed E-state index contributed by atoms with van der Waals surface area (Å²) in [5.74, 6) is 0.145. The van der Waals surface area contributed by atoms with Gasteiger partial charge in [0.1, 0.15) is 0 Å². The number of aliphatic carboxylic acids is 1. The molecule has 2 rings (SSSR count). The van der Waals surface area contributed by atoms with Crippen LogP contribution in [0, 0.1) is 17.8 Å². The van der Waals surface area contributed by atoms with Crippen LogP contribution >= 0.6 is 0 Å². The second-order valence-corrected chi connectivity index (χ2v) is 7.05. The zero-order valence-corrected chi connectivity index (χ0v) is 13.3. The molecule has 1 heterocycles. The Morgan fingerprint density at radius 2 is 1.71 bits per heavy atom. The van der Waals surface area contributed by atoms with E-state index in [4.69, 9.17) is 5.11 Å². The Bertz CT molecular complexity index is 391. The van der Waals surface area contributed by atoms with E-state index < -0.39 is 5.97 Å². The number of hydrogen-bond donors (Lipinski definition) is 2. The number of rotatable bonds is 2. The first-order chi connectivity index (χ1) is 9.88. The van der Waals surface area contributed by atoms with Crippen LogP contribution in [0.3, 0.4) is 0 Å². The zero-order chi connectivity index (χ0) is 15.6. The van der Waals surface area contributed by atoms with Gasteiger partial charge >= 0.3 is 12.0 Å². The summed E-state index contributed by atoms with van der Waals surface area (Å²) in [7, 11) is 0. The highest BCUT2D eigenvalue weighted by molar-refractivity contribution is 5.75. The summed E-state index contributed by atoms with van der Waals surface area (Å²) in [6, 6.07) is 0.434. The van der Waals surface area contributed by atoms with E-state index >= 15 is 0 Å². The molecule has 0 aromatic heterocycles. The molecule has 1 saturated heterocycles.